The van der Waals surface area contributed by atoms with Gasteiger partial charge in [-0.25, -0.2) is 0 Å². The highest BCUT2D eigenvalue weighted by Gasteiger charge is 2.46. The van der Waals surface area contributed by atoms with Gasteiger partial charge in [0.25, 0.3) is 0 Å². The molecule has 1 atom stereocenters. The van der Waals surface area contributed by atoms with E-state index < -0.39 is 17.5 Å². The summed E-state index contributed by atoms with van der Waals surface area (Å²) in [5, 5.41) is 0. The summed E-state index contributed by atoms with van der Waals surface area (Å²) in [5.74, 6) is -1.21. The van der Waals surface area contributed by atoms with E-state index in [-0.39, 0.29) is 5.92 Å². The van der Waals surface area contributed by atoms with E-state index in [9.17, 15) is 13.2 Å². The minimum absolute atomic E-state index is 0.0362. The van der Waals surface area contributed by atoms with E-state index >= 15 is 0 Å². The summed E-state index contributed by atoms with van der Waals surface area (Å²) in [4.78, 5) is 0. The van der Waals surface area contributed by atoms with E-state index in [4.69, 9.17) is 0 Å². The molecule has 0 saturated carbocycles. The fourth-order valence-corrected chi connectivity index (χ4v) is 0.922. The first-order valence-electron chi connectivity index (χ1n) is 4.17. The fourth-order valence-electron chi connectivity index (χ4n) is 0.922. The Morgan fingerprint density at radius 2 is 1.25 bits per heavy atom. The van der Waals surface area contributed by atoms with Gasteiger partial charge in [-0.3, -0.25) is 0 Å². The summed E-state index contributed by atoms with van der Waals surface area (Å²) >= 11 is 0. The molecule has 0 saturated heterocycles. The van der Waals surface area contributed by atoms with Crippen LogP contribution in [0.25, 0.3) is 0 Å². The van der Waals surface area contributed by atoms with Gasteiger partial charge in [-0.1, -0.05) is 34.6 Å². The van der Waals surface area contributed by atoms with Crippen molar-refractivity contribution in [2.75, 3.05) is 0 Å². The van der Waals surface area contributed by atoms with Crippen LogP contribution >= 0.6 is 0 Å². The van der Waals surface area contributed by atoms with Crippen LogP contribution in [0.2, 0.25) is 0 Å². The quantitative estimate of drug-likeness (QED) is 0.608. The van der Waals surface area contributed by atoms with E-state index in [0.29, 0.717) is 0 Å². The first-order valence-corrected chi connectivity index (χ1v) is 4.17. The molecule has 0 bridgehead atoms. The lowest BCUT2D eigenvalue weighted by atomic mass is 9.71. The van der Waals surface area contributed by atoms with Crippen molar-refractivity contribution in [3.8, 4) is 0 Å². The Labute approximate surface area is 72.2 Å². The summed E-state index contributed by atoms with van der Waals surface area (Å²) in [7, 11) is 0. The van der Waals surface area contributed by atoms with Crippen LogP contribution in [0.5, 0.6) is 0 Å². The molecule has 0 aliphatic carbocycles. The molecular weight excluding hydrogens is 165 g/mol. The third-order valence-electron chi connectivity index (χ3n) is 3.10. The van der Waals surface area contributed by atoms with Crippen LogP contribution in [0.4, 0.5) is 13.2 Å². The third-order valence-corrected chi connectivity index (χ3v) is 3.10. The zero-order valence-corrected chi connectivity index (χ0v) is 8.29. The topological polar surface area (TPSA) is 0 Å². The second-order valence-electron chi connectivity index (χ2n) is 4.24. The molecule has 0 aliphatic heterocycles. The van der Waals surface area contributed by atoms with Crippen LogP contribution in [0, 0.1) is 17.3 Å². The van der Waals surface area contributed by atoms with Crippen molar-refractivity contribution >= 4 is 0 Å². The molecule has 0 aliphatic rings. The molecular formula is C9H17F3. The molecule has 0 amide bonds. The molecule has 0 spiro atoms. The van der Waals surface area contributed by atoms with Gasteiger partial charge in [-0.2, -0.15) is 13.2 Å². The van der Waals surface area contributed by atoms with E-state index in [1.54, 1.807) is 13.8 Å². The van der Waals surface area contributed by atoms with Crippen molar-refractivity contribution in [2.45, 2.75) is 40.8 Å². The molecule has 1 unspecified atom stereocenters. The highest BCUT2D eigenvalue weighted by Crippen LogP contribution is 2.43. The van der Waals surface area contributed by atoms with Gasteiger partial charge < -0.3 is 0 Å². The number of alkyl halides is 3. The van der Waals surface area contributed by atoms with Crippen LogP contribution in [0.15, 0.2) is 0 Å². The third kappa shape index (κ3) is 2.39. The molecule has 0 aromatic carbocycles. The molecule has 0 aromatic heterocycles. The maximum absolute atomic E-state index is 12.3. The smallest absolute Gasteiger partial charge is 0.171 e. The van der Waals surface area contributed by atoms with E-state index in [1.165, 1.54) is 6.92 Å². The van der Waals surface area contributed by atoms with E-state index in [1.807, 2.05) is 13.8 Å². The van der Waals surface area contributed by atoms with Gasteiger partial charge in [-0.05, 0) is 11.3 Å². The monoisotopic (exact) mass is 182 g/mol. The van der Waals surface area contributed by atoms with Crippen molar-refractivity contribution in [3.63, 3.8) is 0 Å². The molecule has 74 valence electrons. The summed E-state index contributed by atoms with van der Waals surface area (Å²) in [6.07, 6.45) is -4.08. The Balaban J connectivity index is 4.57. The predicted octanol–water partition coefficient (Wildman–Crippen LogP) is 3.87. The van der Waals surface area contributed by atoms with Gasteiger partial charge in [0.1, 0.15) is 0 Å². The maximum atomic E-state index is 12.3. The Hall–Kier alpha value is -0.210. The zero-order valence-electron chi connectivity index (χ0n) is 8.29. The zero-order chi connectivity index (χ0) is 10.2. The van der Waals surface area contributed by atoms with Crippen LogP contribution in [0.3, 0.4) is 0 Å². The number of halogens is 3. The van der Waals surface area contributed by atoms with Crippen molar-refractivity contribution in [1.29, 1.82) is 0 Å². The first-order chi connectivity index (χ1) is 5.10. The van der Waals surface area contributed by atoms with Gasteiger partial charge in [0, 0.05) is 0 Å². The molecule has 12 heavy (non-hydrogen) atoms. The Kier molecular flexibility index (Phi) is 3.21. The fraction of sp³-hybridized carbons (Fsp3) is 1.00. The SMILES string of the molecule is CC(C)C(C)(C)C(C)C(F)(F)F. The average Bonchev–Trinajstić information content (AvgIpc) is 1.83. The van der Waals surface area contributed by atoms with Crippen molar-refractivity contribution in [3.05, 3.63) is 0 Å². The average molecular weight is 182 g/mol. The Bertz CT molecular complexity index is 144. The van der Waals surface area contributed by atoms with Gasteiger partial charge in [0.15, 0.2) is 0 Å². The molecule has 3 heteroatoms. The lowest BCUT2D eigenvalue weighted by molar-refractivity contribution is -0.203. The van der Waals surface area contributed by atoms with E-state index in [2.05, 4.69) is 0 Å². The number of rotatable bonds is 2. The normalized spacial score (nSPS) is 16.8. The molecule has 0 heterocycles. The van der Waals surface area contributed by atoms with Crippen molar-refractivity contribution in [2.24, 2.45) is 17.3 Å². The van der Waals surface area contributed by atoms with Crippen LogP contribution in [-0.4, -0.2) is 6.18 Å². The second kappa shape index (κ2) is 3.27. The minimum atomic E-state index is -4.08. The summed E-state index contributed by atoms with van der Waals surface area (Å²) < 4.78 is 36.9. The molecule has 0 fully saturated rings. The highest BCUT2D eigenvalue weighted by atomic mass is 19.4. The molecule has 0 radical (unpaired) electrons. The van der Waals surface area contributed by atoms with Crippen LogP contribution in [0.1, 0.15) is 34.6 Å². The molecule has 0 aromatic rings. The maximum Gasteiger partial charge on any atom is 0.392 e. The molecule has 0 N–H and O–H groups in total. The molecule has 0 rings (SSSR count). The Morgan fingerprint density at radius 1 is 0.917 bits per heavy atom. The van der Waals surface area contributed by atoms with Gasteiger partial charge in [0.05, 0.1) is 5.92 Å². The van der Waals surface area contributed by atoms with Crippen molar-refractivity contribution < 1.29 is 13.2 Å². The van der Waals surface area contributed by atoms with Crippen molar-refractivity contribution in [1.82, 2.24) is 0 Å². The number of hydrogen-bond acceptors (Lipinski definition) is 0. The lowest BCUT2D eigenvalue weighted by Crippen LogP contribution is -2.37. The van der Waals surface area contributed by atoms with Gasteiger partial charge >= 0.3 is 6.18 Å². The summed E-state index contributed by atoms with van der Waals surface area (Å²) in [5.41, 5.74) is -0.682. The minimum Gasteiger partial charge on any atom is -0.171 e. The highest BCUT2D eigenvalue weighted by molar-refractivity contribution is 4.82. The summed E-state index contributed by atoms with van der Waals surface area (Å²) in [6, 6.07) is 0. The first kappa shape index (κ1) is 11.8. The number of hydrogen-bond donors (Lipinski definition) is 0. The molecule has 0 nitrogen and oxygen atoms in total. The lowest BCUT2D eigenvalue weighted by Gasteiger charge is -2.36. The van der Waals surface area contributed by atoms with E-state index in [0.717, 1.165) is 0 Å². The standard InChI is InChI=1S/C9H17F3/c1-6(2)8(4,5)7(3)9(10,11)12/h6-7H,1-5H3. The summed E-state index contributed by atoms with van der Waals surface area (Å²) in [6.45, 7) is 8.22. The van der Waals surface area contributed by atoms with Crippen LogP contribution < -0.4 is 0 Å². The van der Waals surface area contributed by atoms with Gasteiger partial charge in [0.2, 0.25) is 0 Å². The second-order valence-corrected chi connectivity index (χ2v) is 4.24. The predicted molar refractivity (Wildman–Crippen MR) is 43.8 cm³/mol. The van der Waals surface area contributed by atoms with Gasteiger partial charge in [-0.15, -0.1) is 0 Å². The Morgan fingerprint density at radius 3 is 1.33 bits per heavy atom. The largest absolute Gasteiger partial charge is 0.392 e. The van der Waals surface area contributed by atoms with Crippen LogP contribution in [-0.2, 0) is 0 Å².